The van der Waals surface area contributed by atoms with Crippen molar-refractivity contribution in [1.29, 1.82) is 0 Å². The summed E-state index contributed by atoms with van der Waals surface area (Å²) in [4.78, 5) is 0. The van der Waals surface area contributed by atoms with Crippen LogP contribution in [0.15, 0.2) is 24.3 Å². The van der Waals surface area contributed by atoms with Crippen molar-refractivity contribution in [2.24, 2.45) is 23.7 Å². The van der Waals surface area contributed by atoms with Crippen molar-refractivity contribution in [3.8, 4) is 0 Å². The van der Waals surface area contributed by atoms with E-state index in [1.165, 1.54) is 25.7 Å². The highest BCUT2D eigenvalue weighted by Gasteiger charge is 2.35. The van der Waals surface area contributed by atoms with Crippen LogP contribution in [0.25, 0.3) is 0 Å². The Hall–Kier alpha value is -0.680. The second kappa shape index (κ2) is 10.6. The van der Waals surface area contributed by atoms with E-state index in [0.29, 0.717) is 24.0 Å². The minimum Gasteiger partial charge on any atom is -0.381 e. The van der Waals surface area contributed by atoms with Gasteiger partial charge in [-0.1, -0.05) is 24.3 Å². The number of hydrogen-bond acceptors (Lipinski definition) is 4. The summed E-state index contributed by atoms with van der Waals surface area (Å²) < 4.78 is 11.8. The zero-order chi connectivity index (χ0) is 18.2. The van der Waals surface area contributed by atoms with Crippen LogP contribution in [-0.4, -0.2) is 52.6 Å². The lowest BCUT2D eigenvalue weighted by Gasteiger charge is -2.38. The Morgan fingerprint density at radius 3 is 1.35 bits per heavy atom. The molecule has 0 bridgehead atoms. The van der Waals surface area contributed by atoms with Crippen molar-refractivity contribution in [3.05, 3.63) is 24.3 Å². The first kappa shape index (κ1) is 20.1. The van der Waals surface area contributed by atoms with Crippen LogP contribution < -0.4 is 10.6 Å². The molecule has 1 aliphatic carbocycles. The molecule has 3 fully saturated rings. The normalized spacial score (nSPS) is 35.5. The smallest absolute Gasteiger partial charge is 0.0641 e. The van der Waals surface area contributed by atoms with Crippen molar-refractivity contribution < 1.29 is 9.47 Å². The Bertz CT molecular complexity index is 411. The molecule has 4 nitrogen and oxygen atoms in total. The van der Waals surface area contributed by atoms with Gasteiger partial charge in [-0.2, -0.15) is 0 Å². The van der Waals surface area contributed by atoms with Gasteiger partial charge in [0, 0.05) is 26.1 Å². The third-order valence-corrected chi connectivity index (χ3v) is 6.60. The number of allylic oxidation sites excluding steroid dienone is 2. The molecule has 3 rings (SSSR count). The second-order valence-corrected chi connectivity index (χ2v) is 8.29. The fraction of sp³-hybridized carbons (Fsp3) is 0.818. The minimum atomic E-state index is 0.307. The van der Waals surface area contributed by atoms with Crippen molar-refractivity contribution in [2.75, 3.05) is 40.4 Å². The van der Waals surface area contributed by atoms with E-state index in [4.69, 9.17) is 9.47 Å². The molecule has 2 N–H and O–H groups in total. The van der Waals surface area contributed by atoms with Crippen LogP contribution in [0.5, 0.6) is 0 Å². The van der Waals surface area contributed by atoms with E-state index in [1.54, 1.807) is 0 Å². The Balaban J connectivity index is 1.58. The van der Waals surface area contributed by atoms with Gasteiger partial charge in [0.1, 0.15) is 0 Å². The molecule has 2 saturated heterocycles. The van der Waals surface area contributed by atoms with Gasteiger partial charge in [0.25, 0.3) is 0 Å². The summed E-state index contributed by atoms with van der Waals surface area (Å²) in [6, 6.07) is 0. The quantitative estimate of drug-likeness (QED) is 0.713. The maximum absolute atomic E-state index is 5.90. The summed E-state index contributed by atoms with van der Waals surface area (Å²) in [6.07, 6.45) is 17.6. The third-order valence-electron chi connectivity index (χ3n) is 6.60. The van der Waals surface area contributed by atoms with Crippen LogP contribution in [0.3, 0.4) is 0 Å². The monoisotopic (exact) mass is 362 g/mol. The molecule has 2 heterocycles. The molecule has 0 aromatic heterocycles. The highest BCUT2D eigenvalue weighted by atomic mass is 16.5. The number of methoxy groups -OCH3 is 2. The van der Waals surface area contributed by atoms with Crippen molar-refractivity contribution in [1.82, 2.24) is 10.6 Å². The predicted octanol–water partition coefficient (Wildman–Crippen LogP) is 3.15. The Kier molecular flexibility index (Phi) is 8.18. The van der Waals surface area contributed by atoms with Gasteiger partial charge in [-0.3, -0.25) is 0 Å². The van der Waals surface area contributed by atoms with Crippen LogP contribution in [0.2, 0.25) is 0 Å². The highest BCUT2D eigenvalue weighted by molar-refractivity contribution is 5.06. The van der Waals surface area contributed by atoms with E-state index < -0.39 is 0 Å². The van der Waals surface area contributed by atoms with E-state index in [-0.39, 0.29) is 0 Å². The van der Waals surface area contributed by atoms with Crippen molar-refractivity contribution in [3.63, 3.8) is 0 Å². The highest BCUT2D eigenvalue weighted by Crippen LogP contribution is 2.35. The largest absolute Gasteiger partial charge is 0.381 e. The summed E-state index contributed by atoms with van der Waals surface area (Å²) in [7, 11) is 3.74. The molecule has 3 aliphatic rings. The van der Waals surface area contributed by atoms with Gasteiger partial charge in [-0.15, -0.1) is 0 Å². The standard InChI is InChI=1S/C22H38N2O2/c1-25-21-15-20(6-4-18-9-13-24-14-10-18)22(26-2)16-19(21)5-3-17-7-11-23-12-8-17/h3-6,17-24H,7-16H2,1-2H3/b5-3+,6-4+. The van der Waals surface area contributed by atoms with Crippen LogP contribution in [0.4, 0.5) is 0 Å². The van der Waals surface area contributed by atoms with E-state index in [9.17, 15) is 0 Å². The molecule has 148 valence electrons. The number of hydrogen-bond donors (Lipinski definition) is 2. The first-order valence-corrected chi connectivity index (χ1v) is 10.6. The molecule has 0 aromatic rings. The molecule has 0 spiro atoms. The maximum Gasteiger partial charge on any atom is 0.0641 e. The summed E-state index contributed by atoms with van der Waals surface area (Å²) in [6.45, 7) is 4.60. The van der Waals surface area contributed by atoms with Gasteiger partial charge in [-0.05, 0) is 76.5 Å². The van der Waals surface area contributed by atoms with Gasteiger partial charge in [0.05, 0.1) is 12.2 Å². The lowest BCUT2D eigenvalue weighted by molar-refractivity contribution is -0.0425. The SMILES string of the molecule is COC1CC(/C=C/C2CCNCC2)C(OC)CC1/C=C/C1CCNCC1. The zero-order valence-corrected chi connectivity index (χ0v) is 16.7. The fourth-order valence-corrected chi connectivity index (χ4v) is 4.81. The molecule has 1 saturated carbocycles. The lowest BCUT2D eigenvalue weighted by Crippen LogP contribution is -2.39. The second-order valence-electron chi connectivity index (χ2n) is 8.29. The third kappa shape index (κ3) is 5.66. The van der Waals surface area contributed by atoms with E-state index in [2.05, 4.69) is 34.9 Å². The van der Waals surface area contributed by atoms with Crippen molar-refractivity contribution in [2.45, 2.75) is 50.7 Å². The summed E-state index contributed by atoms with van der Waals surface area (Å²) in [5.74, 6) is 2.41. The maximum atomic E-state index is 5.90. The van der Waals surface area contributed by atoms with Crippen LogP contribution in [-0.2, 0) is 9.47 Å². The Morgan fingerprint density at radius 2 is 1.00 bits per heavy atom. The molecule has 4 atom stereocenters. The average Bonchev–Trinajstić information content (AvgIpc) is 2.72. The average molecular weight is 363 g/mol. The number of rotatable bonds is 6. The summed E-state index contributed by atoms with van der Waals surface area (Å²) >= 11 is 0. The molecular formula is C22H38N2O2. The zero-order valence-electron chi connectivity index (χ0n) is 16.7. The minimum absolute atomic E-state index is 0.307. The molecule has 0 amide bonds. The van der Waals surface area contributed by atoms with E-state index in [1.807, 2.05) is 14.2 Å². The van der Waals surface area contributed by atoms with Gasteiger partial charge in [-0.25, -0.2) is 0 Å². The summed E-state index contributed by atoms with van der Waals surface area (Å²) in [5, 5.41) is 6.89. The van der Waals surface area contributed by atoms with Crippen LogP contribution in [0, 0.1) is 23.7 Å². The number of nitrogens with one attached hydrogen (secondary N) is 2. The van der Waals surface area contributed by atoms with Crippen LogP contribution in [0.1, 0.15) is 38.5 Å². The van der Waals surface area contributed by atoms with Crippen LogP contribution >= 0.6 is 0 Å². The summed E-state index contributed by atoms with van der Waals surface area (Å²) in [5.41, 5.74) is 0. The predicted molar refractivity (Wildman–Crippen MR) is 107 cm³/mol. The van der Waals surface area contributed by atoms with E-state index >= 15 is 0 Å². The molecule has 0 radical (unpaired) electrons. The van der Waals surface area contributed by atoms with Gasteiger partial charge in [0.15, 0.2) is 0 Å². The molecule has 4 heteroatoms. The Labute approximate surface area is 159 Å². The van der Waals surface area contributed by atoms with E-state index in [0.717, 1.165) is 50.9 Å². The van der Waals surface area contributed by atoms with Gasteiger partial charge in [0.2, 0.25) is 0 Å². The number of ether oxygens (including phenoxy) is 2. The number of piperidine rings is 2. The van der Waals surface area contributed by atoms with Crippen molar-refractivity contribution >= 4 is 0 Å². The molecule has 0 aromatic carbocycles. The van der Waals surface area contributed by atoms with Gasteiger partial charge >= 0.3 is 0 Å². The molecular weight excluding hydrogens is 324 g/mol. The molecule has 26 heavy (non-hydrogen) atoms. The van der Waals surface area contributed by atoms with Gasteiger partial charge < -0.3 is 20.1 Å². The Morgan fingerprint density at radius 1 is 0.615 bits per heavy atom. The lowest BCUT2D eigenvalue weighted by atomic mass is 9.76. The fourth-order valence-electron chi connectivity index (χ4n) is 4.81. The molecule has 4 unspecified atom stereocenters. The topological polar surface area (TPSA) is 42.5 Å². The first-order chi connectivity index (χ1) is 12.8. The first-order valence-electron chi connectivity index (χ1n) is 10.6. The molecule has 2 aliphatic heterocycles.